The summed E-state index contributed by atoms with van der Waals surface area (Å²) in [4.78, 5) is 0. The number of nitrogens with one attached hydrogen (secondary N) is 1. The summed E-state index contributed by atoms with van der Waals surface area (Å²) in [6.45, 7) is 3.17. The Morgan fingerprint density at radius 3 is 2.89 bits per heavy atom. The molecule has 0 aliphatic heterocycles. The van der Waals surface area contributed by atoms with Gasteiger partial charge in [-0.1, -0.05) is 28.9 Å². The molecule has 3 heteroatoms. The van der Waals surface area contributed by atoms with E-state index in [1.807, 2.05) is 6.07 Å². The van der Waals surface area contributed by atoms with Crippen molar-refractivity contribution in [2.24, 2.45) is 0 Å². The molecule has 0 bridgehead atoms. The number of benzene rings is 1. The maximum Gasteiger partial charge on any atom is 0.124 e. The molecule has 2 nitrogen and oxygen atoms in total. The van der Waals surface area contributed by atoms with Gasteiger partial charge in [-0.25, -0.2) is 0 Å². The van der Waals surface area contributed by atoms with Crippen LogP contribution in [0, 0.1) is 12.3 Å². The Kier molecular flexibility index (Phi) is 7.62. The van der Waals surface area contributed by atoms with E-state index < -0.39 is 0 Å². The van der Waals surface area contributed by atoms with Gasteiger partial charge in [0, 0.05) is 22.5 Å². The lowest BCUT2D eigenvalue weighted by molar-refractivity contribution is 0.393. The number of ether oxygens (including phenoxy) is 1. The Hall–Kier alpha value is -0.980. The molecule has 0 heterocycles. The van der Waals surface area contributed by atoms with Gasteiger partial charge < -0.3 is 10.1 Å². The summed E-state index contributed by atoms with van der Waals surface area (Å²) < 4.78 is 6.52. The van der Waals surface area contributed by atoms with Gasteiger partial charge >= 0.3 is 0 Å². The number of halogens is 1. The lowest BCUT2D eigenvalue weighted by Gasteiger charge is -2.21. The molecule has 0 spiro atoms. The monoisotopic (exact) mass is 323 g/mol. The topological polar surface area (TPSA) is 21.3 Å². The number of terminal acetylenes is 1. The minimum Gasteiger partial charge on any atom is -0.496 e. The Morgan fingerprint density at radius 1 is 1.47 bits per heavy atom. The highest BCUT2D eigenvalue weighted by atomic mass is 79.9. The minimum atomic E-state index is 0.302. The van der Waals surface area contributed by atoms with E-state index in [0.717, 1.165) is 42.5 Å². The molecule has 1 aromatic carbocycles. The Labute approximate surface area is 125 Å². The predicted molar refractivity (Wildman–Crippen MR) is 84.4 cm³/mol. The molecule has 0 aliphatic rings. The molecule has 1 N–H and O–H groups in total. The SMILES string of the molecule is C#CCCCC(NCCC)c1ccc(Br)cc1OC. The normalized spacial score (nSPS) is 11.9. The summed E-state index contributed by atoms with van der Waals surface area (Å²) in [6.07, 6.45) is 9.32. The first-order chi connectivity index (χ1) is 9.22. The second kappa shape index (κ2) is 9.01. The molecular weight excluding hydrogens is 302 g/mol. The van der Waals surface area contributed by atoms with Crippen molar-refractivity contribution >= 4 is 15.9 Å². The van der Waals surface area contributed by atoms with E-state index in [1.54, 1.807) is 7.11 Å². The zero-order valence-corrected chi connectivity index (χ0v) is 13.3. The number of unbranched alkanes of at least 4 members (excludes halogenated alkanes) is 1. The van der Waals surface area contributed by atoms with Crippen molar-refractivity contribution in [3.63, 3.8) is 0 Å². The van der Waals surface area contributed by atoms with Crippen LogP contribution >= 0.6 is 15.9 Å². The van der Waals surface area contributed by atoms with Crippen LogP contribution in [0.2, 0.25) is 0 Å². The molecule has 0 saturated carbocycles. The lowest BCUT2D eigenvalue weighted by atomic mass is 10.00. The van der Waals surface area contributed by atoms with Gasteiger partial charge in [0.05, 0.1) is 7.11 Å². The first kappa shape index (κ1) is 16.1. The third-order valence-electron chi connectivity index (χ3n) is 3.03. The van der Waals surface area contributed by atoms with E-state index in [0.29, 0.717) is 6.04 Å². The van der Waals surface area contributed by atoms with Crippen LogP contribution in [0.5, 0.6) is 5.75 Å². The Balaban J connectivity index is 2.85. The number of rotatable bonds is 8. The van der Waals surface area contributed by atoms with Crippen molar-refractivity contribution < 1.29 is 4.74 Å². The summed E-state index contributed by atoms with van der Waals surface area (Å²) >= 11 is 3.48. The Morgan fingerprint density at radius 2 is 2.26 bits per heavy atom. The van der Waals surface area contributed by atoms with Gasteiger partial charge in [-0.15, -0.1) is 12.3 Å². The molecule has 0 aliphatic carbocycles. The van der Waals surface area contributed by atoms with Gasteiger partial charge in [0.25, 0.3) is 0 Å². The van der Waals surface area contributed by atoms with E-state index >= 15 is 0 Å². The third-order valence-corrected chi connectivity index (χ3v) is 3.52. The molecule has 0 amide bonds. The second-order valence-corrected chi connectivity index (χ2v) is 5.41. The van der Waals surface area contributed by atoms with Crippen LogP contribution in [0.1, 0.15) is 44.2 Å². The maximum absolute atomic E-state index is 5.48. The van der Waals surface area contributed by atoms with E-state index in [1.165, 1.54) is 5.56 Å². The fourth-order valence-corrected chi connectivity index (χ4v) is 2.41. The summed E-state index contributed by atoms with van der Waals surface area (Å²) in [5, 5.41) is 3.57. The predicted octanol–water partition coefficient (Wildman–Crippen LogP) is 4.30. The van der Waals surface area contributed by atoms with Gasteiger partial charge in [-0.2, -0.15) is 0 Å². The maximum atomic E-state index is 5.48. The second-order valence-electron chi connectivity index (χ2n) is 4.49. The highest BCUT2D eigenvalue weighted by molar-refractivity contribution is 9.10. The molecule has 0 fully saturated rings. The first-order valence-corrected chi connectivity index (χ1v) is 7.52. The third kappa shape index (κ3) is 5.26. The number of hydrogen-bond donors (Lipinski definition) is 1. The molecule has 19 heavy (non-hydrogen) atoms. The standard InChI is InChI=1S/C16H22BrNO/c1-4-6-7-8-15(18-11-5-2)14-10-9-13(17)12-16(14)19-3/h1,9-10,12,15,18H,5-8,11H2,2-3H3. The number of methoxy groups -OCH3 is 1. The smallest absolute Gasteiger partial charge is 0.124 e. The largest absolute Gasteiger partial charge is 0.496 e. The van der Waals surface area contributed by atoms with Crippen LogP contribution < -0.4 is 10.1 Å². The lowest BCUT2D eigenvalue weighted by Crippen LogP contribution is -2.22. The average molecular weight is 324 g/mol. The average Bonchev–Trinajstić information content (AvgIpc) is 2.43. The molecule has 0 radical (unpaired) electrons. The van der Waals surface area contributed by atoms with Gasteiger partial charge in [-0.3, -0.25) is 0 Å². The summed E-state index contributed by atoms with van der Waals surface area (Å²) in [5.41, 5.74) is 1.20. The quantitative estimate of drug-likeness (QED) is 0.568. The summed E-state index contributed by atoms with van der Waals surface area (Å²) in [7, 11) is 1.71. The van der Waals surface area contributed by atoms with Gasteiger partial charge in [0.2, 0.25) is 0 Å². The molecular formula is C16H22BrNO. The van der Waals surface area contributed by atoms with Crippen molar-refractivity contribution in [3.05, 3.63) is 28.2 Å². The van der Waals surface area contributed by atoms with Crippen molar-refractivity contribution in [2.75, 3.05) is 13.7 Å². The number of hydrogen-bond acceptors (Lipinski definition) is 2. The van der Waals surface area contributed by atoms with Crippen LogP contribution in [0.4, 0.5) is 0 Å². The molecule has 0 aromatic heterocycles. The highest BCUT2D eigenvalue weighted by Crippen LogP contribution is 2.31. The van der Waals surface area contributed by atoms with Crippen molar-refractivity contribution in [2.45, 2.75) is 38.6 Å². The summed E-state index contributed by atoms with van der Waals surface area (Å²) in [5.74, 6) is 3.62. The fourth-order valence-electron chi connectivity index (χ4n) is 2.07. The molecule has 0 saturated heterocycles. The van der Waals surface area contributed by atoms with E-state index in [4.69, 9.17) is 11.2 Å². The summed E-state index contributed by atoms with van der Waals surface area (Å²) in [6, 6.07) is 6.49. The molecule has 1 unspecified atom stereocenters. The van der Waals surface area contributed by atoms with Gasteiger partial charge in [-0.05, 0) is 37.9 Å². The Bertz CT molecular complexity index is 425. The molecule has 1 aromatic rings. The van der Waals surface area contributed by atoms with Crippen molar-refractivity contribution in [1.82, 2.24) is 5.32 Å². The molecule has 1 rings (SSSR count). The minimum absolute atomic E-state index is 0.302. The fraction of sp³-hybridized carbons (Fsp3) is 0.500. The van der Waals surface area contributed by atoms with E-state index in [9.17, 15) is 0 Å². The molecule has 104 valence electrons. The van der Waals surface area contributed by atoms with Gasteiger partial charge in [0.15, 0.2) is 0 Å². The van der Waals surface area contributed by atoms with Crippen LogP contribution in [0.3, 0.4) is 0 Å². The van der Waals surface area contributed by atoms with E-state index in [-0.39, 0.29) is 0 Å². The molecule has 1 atom stereocenters. The van der Waals surface area contributed by atoms with Crippen molar-refractivity contribution in [3.8, 4) is 18.1 Å². The van der Waals surface area contributed by atoms with Crippen LogP contribution in [-0.2, 0) is 0 Å². The van der Waals surface area contributed by atoms with Crippen LogP contribution in [0.15, 0.2) is 22.7 Å². The van der Waals surface area contributed by atoms with Gasteiger partial charge in [0.1, 0.15) is 5.75 Å². The van der Waals surface area contributed by atoms with E-state index in [2.05, 4.69) is 46.2 Å². The zero-order chi connectivity index (χ0) is 14.1. The zero-order valence-electron chi connectivity index (χ0n) is 11.7. The highest BCUT2D eigenvalue weighted by Gasteiger charge is 2.15. The van der Waals surface area contributed by atoms with Crippen molar-refractivity contribution in [1.29, 1.82) is 0 Å². The van der Waals surface area contributed by atoms with Crippen LogP contribution in [0.25, 0.3) is 0 Å². The van der Waals surface area contributed by atoms with Crippen LogP contribution in [-0.4, -0.2) is 13.7 Å². The first-order valence-electron chi connectivity index (χ1n) is 6.73.